The Balaban J connectivity index is 2.96. The molecule has 1 unspecified atom stereocenters. The number of rotatable bonds is 3. The summed E-state index contributed by atoms with van der Waals surface area (Å²) in [6, 6.07) is 3.83. The van der Waals surface area contributed by atoms with E-state index in [4.69, 9.17) is 11.6 Å². The summed E-state index contributed by atoms with van der Waals surface area (Å²) in [5, 5.41) is 9.78. The summed E-state index contributed by atoms with van der Waals surface area (Å²) in [4.78, 5) is 10.4. The van der Waals surface area contributed by atoms with Crippen molar-refractivity contribution in [3.63, 3.8) is 0 Å². The van der Waals surface area contributed by atoms with Crippen LogP contribution in [-0.4, -0.2) is 17.0 Å². The van der Waals surface area contributed by atoms with Crippen LogP contribution in [0.3, 0.4) is 0 Å². The Hall–Kier alpha value is -0.930. The number of hydrogen-bond donors (Lipinski definition) is 1. The Kier molecular flexibility index (Phi) is 3.24. The van der Waals surface area contributed by atoms with Crippen LogP contribution < -0.4 is 0 Å². The highest BCUT2D eigenvalue weighted by atomic mass is 35.5. The first-order valence-electron chi connectivity index (χ1n) is 4.07. The maximum absolute atomic E-state index is 12.8. The first-order valence-corrected chi connectivity index (χ1v) is 4.45. The Morgan fingerprint density at radius 2 is 2.29 bits per heavy atom. The number of benzene rings is 1. The summed E-state index contributed by atoms with van der Waals surface area (Å²) < 4.78 is 12.8. The van der Waals surface area contributed by atoms with Gasteiger partial charge in [0, 0.05) is 11.4 Å². The van der Waals surface area contributed by atoms with E-state index in [2.05, 4.69) is 0 Å². The fraction of sp³-hybridized carbons (Fsp3) is 0.300. The highest BCUT2D eigenvalue weighted by Crippen LogP contribution is 2.21. The smallest absolute Gasteiger partial charge is 0.151 e. The standard InChI is InChI=1S/C10H10ClFO2/c1-10(14,6-13)5-7-4-8(12)2-3-9(7)11/h2-4,6,14H,5H2,1H3. The minimum Gasteiger partial charge on any atom is -0.382 e. The van der Waals surface area contributed by atoms with E-state index < -0.39 is 11.4 Å². The van der Waals surface area contributed by atoms with Crippen LogP contribution in [0.25, 0.3) is 0 Å². The van der Waals surface area contributed by atoms with Gasteiger partial charge >= 0.3 is 0 Å². The van der Waals surface area contributed by atoms with Gasteiger partial charge in [-0.05, 0) is 30.7 Å². The van der Waals surface area contributed by atoms with Crippen LogP contribution in [0.5, 0.6) is 0 Å². The molecule has 0 radical (unpaired) electrons. The van der Waals surface area contributed by atoms with Crippen LogP contribution in [0.2, 0.25) is 5.02 Å². The molecule has 1 rings (SSSR count). The summed E-state index contributed by atoms with van der Waals surface area (Å²) in [5.41, 5.74) is -1.08. The molecule has 0 aromatic heterocycles. The first-order chi connectivity index (χ1) is 6.44. The summed E-state index contributed by atoms with van der Waals surface area (Å²) in [6.07, 6.45) is 0.418. The zero-order chi connectivity index (χ0) is 10.8. The monoisotopic (exact) mass is 216 g/mol. The maximum atomic E-state index is 12.8. The predicted octanol–water partition coefficient (Wildman–Crippen LogP) is 1.97. The normalized spacial score (nSPS) is 14.9. The van der Waals surface area contributed by atoms with Crippen molar-refractivity contribution in [3.05, 3.63) is 34.6 Å². The van der Waals surface area contributed by atoms with Gasteiger partial charge in [0.25, 0.3) is 0 Å². The molecule has 0 amide bonds. The van der Waals surface area contributed by atoms with Crippen molar-refractivity contribution in [3.8, 4) is 0 Å². The molecule has 0 bridgehead atoms. The average molecular weight is 217 g/mol. The highest BCUT2D eigenvalue weighted by molar-refractivity contribution is 6.31. The van der Waals surface area contributed by atoms with Gasteiger partial charge in [0.2, 0.25) is 0 Å². The molecule has 4 heteroatoms. The Bertz CT molecular complexity index is 350. The van der Waals surface area contributed by atoms with E-state index in [9.17, 15) is 14.3 Å². The van der Waals surface area contributed by atoms with Gasteiger partial charge in [-0.1, -0.05) is 11.6 Å². The van der Waals surface area contributed by atoms with E-state index in [0.29, 0.717) is 16.9 Å². The summed E-state index contributed by atoms with van der Waals surface area (Å²) in [7, 11) is 0. The van der Waals surface area contributed by atoms with Gasteiger partial charge in [-0.2, -0.15) is 0 Å². The first kappa shape index (κ1) is 11.1. The molecular formula is C10H10ClFO2. The Morgan fingerprint density at radius 3 is 2.86 bits per heavy atom. The number of aldehydes is 1. The van der Waals surface area contributed by atoms with Crippen LogP contribution in [-0.2, 0) is 11.2 Å². The second-order valence-corrected chi connectivity index (χ2v) is 3.79. The van der Waals surface area contributed by atoms with E-state index in [1.165, 1.54) is 25.1 Å². The van der Waals surface area contributed by atoms with Crippen molar-refractivity contribution in [2.24, 2.45) is 0 Å². The van der Waals surface area contributed by atoms with Gasteiger partial charge in [0.05, 0.1) is 0 Å². The molecule has 1 aromatic carbocycles. The Morgan fingerprint density at radius 1 is 1.64 bits per heavy atom. The number of carbonyl (C=O) groups is 1. The number of hydrogen-bond acceptors (Lipinski definition) is 2. The number of halogens is 2. The van der Waals surface area contributed by atoms with E-state index in [0.717, 1.165) is 0 Å². The third-order valence-corrected chi connectivity index (χ3v) is 2.18. The molecular weight excluding hydrogens is 207 g/mol. The summed E-state index contributed by atoms with van der Waals surface area (Å²) in [6.45, 7) is 1.35. The minimum atomic E-state index is -1.50. The molecule has 2 nitrogen and oxygen atoms in total. The highest BCUT2D eigenvalue weighted by Gasteiger charge is 2.21. The molecule has 0 aliphatic rings. The molecule has 0 aliphatic carbocycles. The second-order valence-electron chi connectivity index (χ2n) is 3.39. The van der Waals surface area contributed by atoms with Crippen molar-refractivity contribution in [2.45, 2.75) is 18.9 Å². The van der Waals surface area contributed by atoms with Gasteiger partial charge in [0.1, 0.15) is 11.4 Å². The molecule has 76 valence electrons. The lowest BCUT2D eigenvalue weighted by Gasteiger charge is -2.16. The number of aliphatic hydroxyl groups is 1. The fourth-order valence-corrected chi connectivity index (χ4v) is 1.29. The predicted molar refractivity (Wildman–Crippen MR) is 51.8 cm³/mol. The maximum Gasteiger partial charge on any atom is 0.151 e. The van der Waals surface area contributed by atoms with E-state index in [1.54, 1.807) is 0 Å². The Labute approximate surface area is 86.3 Å². The van der Waals surface area contributed by atoms with Crippen LogP contribution in [0.4, 0.5) is 4.39 Å². The van der Waals surface area contributed by atoms with Crippen LogP contribution in [0.15, 0.2) is 18.2 Å². The van der Waals surface area contributed by atoms with Crippen molar-refractivity contribution in [1.29, 1.82) is 0 Å². The molecule has 1 atom stereocenters. The van der Waals surface area contributed by atoms with E-state index in [-0.39, 0.29) is 6.42 Å². The average Bonchev–Trinajstić information content (AvgIpc) is 2.11. The van der Waals surface area contributed by atoms with Crippen molar-refractivity contribution >= 4 is 17.9 Å². The minimum absolute atomic E-state index is 0.00704. The second kappa shape index (κ2) is 4.07. The molecule has 1 N–H and O–H groups in total. The van der Waals surface area contributed by atoms with Gasteiger partial charge in [-0.15, -0.1) is 0 Å². The molecule has 0 saturated heterocycles. The molecule has 0 heterocycles. The number of carbonyl (C=O) groups excluding carboxylic acids is 1. The van der Waals surface area contributed by atoms with Gasteiger partial charge in [-0.3, -0.25) is 0 Å². The topological polar surface area (TPSA) is 37.3 Å². The molecule has 14 heavy (non-hydrogen) atoms. The molecule has 1 aromatic rings. The van der Waals surface area contributed by atoms with Gasteiger partial charge in [-0.25, -0.2) is 4.39 Å². The lowest BCUT2D eigenvalue weighted by atomic mass is 9.98. The fourth-order valence-electron chi connectivity index (χ4n) is 1.11. The van der Waals surface area contributed by atoms with Crippen molar-refractivity contribution < 1.29 is 14.3 Å². The SMILES string of the molecule is CC(O)(C=O)Cc1cc(F)ccc1Cl. The summed E-state index contributed by atoms with van der Waals surface area (Å²) >= 11 is 5.77. The molecule has 0 aliphatic heterocycles. The lowest BCUT2D eigenvalue weighted by molar-refractivity contribution is -0.122. The molecule has 0 fully saturated rings. The van der Waals surface area contributed by atoms with E-state index >= 15 is 0 Å². The molecule has 0 saturated carbocycles. The van der Waals surface area contributed by atoms with Crippen molar-refractivity contribution in [1.82, 2.24) is 0 Å². The van der Waals surface area contributed by atoms with Crippen LogP contribution in [0.1, 0.15) is 12.5 Å². The summed E-state index contributed by atoms with van der Waals surface area (Å²) in [5.74, 6) is -0.439. The van der Waals surface area contributed by atoms with Gasteiger partial charge < -0.3 is 9.90 Å². The lowest BCUT2D eigenvalue weighted by Crippen LogP contribution is -2.28. The molecule has 0 spiro atoms. The third kappa shape index (κ3) is 2.79. The zero-order valence-corrected chi connectivity index (χ0v) is 8.38. The van der Waals surface area contributed by atoms with Crippen molar-refractivity contribution in [2.75, 3.05) is 0 Å². The van der Waals surface area contributed by atoms with E-state index in [1.807, 2.05) is 0 Å². The van der Waals surface area contributed by atoms with Gasteiger partial charge in [0.15, 0.2) is 6.29 Å². The van der Waals surface area contributed by atoms with Crippen LogP contribution >= 0.6 is 11.6 Å². The zero-order valence-electron chi connectivity index (χ0n) is 7.63. The third-order valence-electron chi connectivity index (χ3n) is 1.81. The van der Waals surface area contributed by atoms with Crippen LogP contribution in [0, 0.1) is 5.82 Å². The quantitative estimate of drug-likeness (QED) is 0.785. The largest absolute Gasteiger partial charge is 0.382 e.